The fourth-order valence-electron chi connectivity index (χ4n) is 1.88. The predicted octanol–water partition coefficient (Wildman–Crippen LogP) is 0.987. The third-order valence-corrected chi connectivity index (χ3v) is 3.08. The van der Waals surface area contributed by atoms with E-state index in [1.54, 1.807) is 0 Å². The van der Waals surface area contributed by atoms with Crippen LogP contribution in [0.15, 0.2) is 24.3 Å². The minimum absolute atomic E-state index is 0.00303. The van der Waals surface area contributed by atoms with Gasteiger partial charge in [-0.15, -0.1) is 0 Å². The van der Waals surface area contributed by atoms with Gasteiger partial charge in [0.15, 0.2) is 0 Å². The van der Waals surface area contributed by atoms with Gasteiger partial charge in [-0.1, -0.05) is 23.7 Å². The number of rotatable bonds is 4. The summed E-state index contributed by atoms with van der Waals surface area (Å²) < 4.78 is 5.24. The Morgan fingerprint density at radius 1 is 1.56 bits per heavy atom. The molecular weight excluding hydrogens is 252 g/mol. The summed E-state index contributed by atoms with van der Waals surface area (Å²) in [5.41, 5.74) is 1.12. The van der Waals surface area contributed by atoms with Gasteiger partial charge in [-0.05, 0) is 24.1 Å². The largest absolute Gasteiger partial charge is 0.378 e. The van der Waals surface area contributed by atoms with Crippen LogP contribution in [0.25, 0.3) is 0 Å². The molecule has 1 aliphatic heterocycles. The average Bonchev–Trinajstić information content (AvgIpc) is 2.40. The first-order valence-corrected chi connectivity index (χ1v) is 6.47. The molecule has 0 bridgehead atoms. The van der Waals surface area contributed by atoms with Gasteiger partial charge in [-0.2, -0.15) is 0 Å². The van der Waals surface area contributed by atoms with Gasteiger partial charge in [0.1, 0.15) is 6.04 Å². The summed E-state index contributed by atoms with van der Waals surface area (Å²) in [5.74, 6) is -0.00303. The maximum absolute atomic E-state index is 11.8. The summed E-state index contributed by atoms with van der Waals surface area (Å²) in [7, 11) is 0. The van der Waals surface area contributed by atoms with E-state index >= 15 is 0 Å². The summed E-state index contributed by atoms with van der Waals surface area (Å²) in [4.78, 5) is 11.8. The van der Waals surface area contributed by atoms with E-state index < -0.39 is 0 Å². The number of halogens is 1. The molecule has 2 N–H and O–H groups in total. The summed E-state index contributed by atoms with van der Waals surface area (Å²) in [6.07, 6.45) is 0.778. The first-order valence-electron chi connectivity index (χ1n) is 6.09. The number of amides is 1. The molecule has 1 aromatic rings. The van der Waals surface area contributed by atoms with Gasteiger partial charge in [0.05, 0.1) is 13.2 Å². The normalized spacial score (nSPS) is 19.5. The molecule has 98 valence electrons. The monoisotopic (exact) mass is 268 g/mol. The molecule has 0 saturated carbocycles. The molecule has 1 saturated heterocycles. The van der Waals surface area contributed by atoms with E-state index in [0.29, 0.717) is 19.8 Å². The van der Waals surface area contributed by atoms with Crippen LogP contribution in [0, 0.1) is 0 Å². The van der Waals surface area contributed by atoms with Crippen molar-refractivity contribution in [2.75, 3.05) is 26.3 Å². The quantitative estimate of drug-likeness (QED) is 0.856. The van der Waals surface area contributed by atoms with Crippen LogP contribution in [0.2, 0.25) is 5.02 Å². The Hall–Kier alpha value is -1.10. The molecule has 1 amide bonds. The van der Waals surface area contributed by atoms with Crippen LogP contribution in [0.5, 0.6) is 0 Å². The Bertz CT molecular complexity index is 406. The van der Waals surface area contributed by atoms with E-state index in [9.17, 15) is 4.79 Å². The van der Waals surface area contributed by atoms with Crippen molar-refractivity contribution < 1.29 is 9.53 Å². The van der Waals surface area contributed by atoms with Crippen LogP contribution in [-0.2, 0) is 16.0 Å². The lowest BCUT2D eigenvalue weighted by Crippen LogP contribution is -2.51. The van der Waals surface area contributed by atoms with E-state index in [0.717, 1.165) is 23.6 Å². The number of ether oxygens (including phenoxy) is 1. The summed E-state index contributed by atoms with van der Waals surface area (Å²) in [6.45, 7) is 2.46. The molecule has 18 heavy (non-hydrogen) atoms. The van der Waals surface area contributed by atoms with E-state index in [-0.39, 0.29) is 11.9 Å². The van der Waals surface area contributed by atoms with Crippen molar-refractivity contribution in [3.63, 3.8) is 0 Å². The molecule has 5 heteroatoms. The molecule has 4 nitrogen and oxygen atoms in total. The van der Waals surface area contributed by atoms with Crippen molar-refractivity contribution in [3.8, 4) is 0 Å². The van der Waals surface area contributed by atoms with E-state index in [1.807, 2.05) is 24.3 Å². The lowest BCUT2D eigenvalue weighted by Gasteiger charge is -2.22. The Labute approximate surface area is 112 Å². The Balaban J connectivity index is 1.73. The topological polar surface area (TPSA) is 50.4 Å². The number of morpholine rings is 1. The van der Waals surface area contributed by atoms with Crippen LogP contribution in [0.3, 0.4) is 0 Å². The zero-order valence-corrected chi connectivity index (χ0v) is 10.9. The van der Waals surface area contributed by atoms with Crippen molar-refractivity contribution in [1.29, 1.82) is 0 Å². The highest BCUT2D eigenvalue weighted by Gasteiger charge is 2.20. The van der Waals surface area contributed by atoms with Crippen molar-refractivity contribution in [3.05, 3.63) is 34.9 Å². The lowest BCUT2D eigenvalue weighted by molar-refractivity contribution is -0.125. The third-order valence-electron chi connectivity index (χ3n) is 2.84. The van der Waals surface area contributed by atoms with Crippen molar-refractivity contribution in [2.24, 2.45) is 0 Å². The minimum atomic E-state index is -0.224. The Morgan fingerprint density at radius 3 is 3.17 bits per heavy atom. The third kappa shape index (κ3) is 3.98. The highest BCUT2D eigenvalue weighted by atomic mass is 35.5. The molecule has 0 aromatic heterocycles. The number of carbonyl (C=O) groups is 1. The smallest absolute Gasteiger partial charge is 0.239 e. The number of hydrogen-bond donors (Lipinski definition) is 2. The van der Waals surface area contributed by atoms with Crippen molar-refractivity contribution in [2.45, 2.75) is 12.5 Å². The second-order valence-corrected chi connectivity index (χ2v) is 4.69. The molecule has 1 fully saturated rings. The lowest BCUT2D eigenvalue weighted by atomic mass is 10.1. The molecule has 1 aromatic carbocycles. The van der Waals surface area contributed by atoms with Gasteiger partial charge in [0.25, 0.3) is 0 Å². The fourth-order valence-corrected chi connectivity index (χ4v) is 2.09. The second kappa shape index (κ2) is 6.73. The SMILES string of the molecule is O=C(NCCc1cccc(Cl)c1)C1COCCN1. The summed E-state index contributed by atoms with van der Waals surface area (Å²) >= 11 is 5.89. The molecule has 1 heterocycles. The van der Waals surface area contributed by atoms with Crippen LogP contribution < -0.4 is 10.6 Å². The molecular formula is C13H17ClN2O2. The van der Waals surface area contributed by atoms with Crippen LogP contribution in [0.4, 0.5) is 0 Å². The predicted molar refractivity (Wildman–Crippen MR) is 70.8 cm³/mol. The zero-order chi connectivity index (χ0) is 12.8. The highest BCUT2D eigenvalue weighted by Crippen LogP contribution is 2.10. The van der Waals surface area contributed by atoms with Crippen molar-refractivity contribution >= 4 is 17.5 Å². The van der Waals surface area contributed by atoms with E-state index in [1.165, 1.54) is 0 Å². The van der Waals surface area contributed by atoms with E-state index in [4.69, 9.17) is 16.3 Å². The molecule has 0 spiro atoms. The highest BCUT2D eigenvalue weighted by molar-refractivity contribution is 6.30. The van der Waals surface area contributed by atoms with Gasteiger partial charge >= 0.3 is 0 Å². The fraction of sp³-hybridized carbons (Fsp3) is 0.462. The average molecular weight is 269 g/mol. The van der Waals surface area contributed by atoms with Crippen LogP contribution >= 0.6 is 11.6 Å². The second-order valence-electron chi connectivity index (χ2n) is 4.25. The number of carbonyl (C=O) groups excluding carboxylic acids is 1. The van der Waals surface area contributed by atoms with Crippen molar-refractivity contribution in [1.82, 2.24) is 10.6 Å². The Kier molecular flexibility index (Phi) is 4.99. The summed E-state index contributed by atoms with van der Waals surface area (Å²) in [5, 5.41) is 6.74. The molecule has 1 unspecified atom stereocenters. The molecule has 0 radical (unpaired) electrons. The molecule has 1 aliphatic rings. The number of nitrogens with one attached hydrogen (secondary N) is 2. The van der Waals surface area contributed by atoms with Gasteiger partial charge in [0, 0.05) is 18.1 Å². The minimum Gasteiger partial charge on any atom is -0.378 e. The summed E-state index contributed by atoms with van der Waals surface area (Å²) in [6, 6.07) is 7.44. The number of benzene rings is 1. The maximum atomic E-state index is 11.8. The van der Waals surface area contributed by atoms with Gasteiger partial charge in [-0.25, -0.2) is 0 Å². The maximum Gasteiger partial charge on any atom is 0.239 e. The molecule has 1 atom stereocenters. The van der Waals surface area contributed by atoms with E-state index in [2.05, 4.69) is 10.6 Å². The zero-order valence-electron chi connectivity index (χ0n) is 10.1. The molecule has 2 rings (SSSR count). The molecule has 0 aliphatic carbocycles. The standard InChI is InChI=1S/C13H17ClN2O2/c14-11-3-1-2-10(8-11)4-5-16-13(17)12-9-18-7-6-15-12/h1-3,8,12,15H,4-7,9H2,(H,16,17). The number of hydrogen-bond acceptors (Lipinski definition) is 3. The van der Waals surface area contributed by atoms with Crippen LogP contribution in [-0.4, -0.2) is 38.3 Å². The first-order chi connectivity index (χ1) is 8.75. The van der Waals surface area contributed by atoms with Gasteiger partial charge < -0.3 is 15.4 Å². The Morgan fingerprint density at radius 2 is 2.44 bits per heavy atom. The van der Waals surface area contributed by atoms with Gasteiger partial charge in [-0.3, -0.25) is 4.79 Å². The first kappa shape index (κ1) is 13.3. The van der Waals surface area contributed by atoms with Crippen LogP contribution in [0.1, 0.15) is 5.56 Å². The van der Waals surface area contributed by atoms with Gasteiger partial charge in [0.2, 0.25) is 5.91 Å².